The van der Waals surface area contributed by atoms with E-state index >= 15 is 0 Å². The molecular formula is C25H24N2O5S. The minimum atomic E-state index is -0.234. The lowest BCUT2D eigenvalue weighted by Crippen LogP contribution is -2.34. The second kappa shape index (κ2) is 10.2. The average molecular weight is 465 g/mol. The number of carbonyl (C=O) groups is 1. The molecule has 4 rings (SSSR count). The van der Waals surface area contributed by atoms with Gasteiger partial charge in [-0.2, -0.15) is 0 Å². The Morgan fingerprint density at radius 1 is 0.818 bits per heavy atom. The highest BCUT2D eigenvalue weighted by Crippen LogP contribution is 2.40. The molecule has 0 aliphatic carbocycles. The molecule has 0 spiro atoms. The SMILES string of the molecule is COc1ccccc1OCC(=O)N(Cc1ccccc1)c1nc2c(OC)ccc(OC)c2s1. The van der Waals surface area contributed by atoms with Gasteiger partial charge in [0.2, 0.25) is 0 Å². The topological polar surface area (TPSA) is 70.1 Å². The first kappa shape index (κ1) is 22.4. The molecule has 0 fully saturated rings. The van der Waals surface area contributed by atoms with E-state index in [1.165, 1.54) is 11.3 Å². The van der Waals surface area contributed by atoms with Crippen molar-refractivity contribution in [3.05, 3.63) is 72.3 Å². The van der Waals surface area contributed by atoms with Crippen LogP contribution in [-0.4, -0.2) is 38.8 Å². The Labute approximate surface area is 196 Å². The van der Waals surface area contributed by atoms with Gasteiger partial charge in [0.1, 0.15) is 21.7 Å². The molecule has 3 aromatic carbocycles. The quantitative estimate of drug-likeness (QED) is 0.350. The predicted octanol–water partition coefficient (Wildman–Crippen LogP) is 4.93. The molecule has 8 heteroatoms. The van der Waals surface area contributed by atoms with Gasteiger partial charge in [0.05, 0.1) is 27.9 Å². The summed E-state index contributed by atoms with van der Waals surface area (Å²) in [5, 5.41) is 0.533. The Bertz CT molecular complexity index is 1200. The predicted molar refractivity (Wildman–Crippen MR) is 129 cm³/mol. The third-order valence-electron chi connectivity index (χ3n) is 5.03. The van der Waals surface area contributed by atoms with Crippen LogP contribution in [0.5, 0.6) is 23.0 Å². The summed E-state index contributed by atoms with van der Waals surface area (Å²) in [6.07, 6.45) is 0. The van der Waals surface area contributed by atoms with E-state index in [-0.39, 0.29) is 12.5 Å². The number of methoxy groups -OCH3 is 3. The summed E-state index contributed by atoms with van der Waals surface area (Å²) in [5.41, 5.74) is 1.62. The maximum atomic E-state index is 13.4. The minimum Gasteiger partial charge on any atom is -0.495 e. The summed E-state index contributed by atoms with van der Waals surface area (Å²) in [5.74, 6) is 2.12. The van der Waals surface area contributed by atoms with Crippen molar-refractivity contribution in [2.45, 2.75) is 6.54 Å². The lowest BCUT2D eigenvalue weighted by Gasteiger charge is -2.20. The van der Waals surface area contributed by atoms with Crippen LogP contribution in [0.25, 0.3) is 10.2 Å². The molecule has 0 unspecified atom stereocenters. The lowest BCUT2D eigenvalue weighted by atomic mass is 10.2. The van der Waals surface area contributed by atoms with Crippen LogP contribution >= 0.6 is 11.3 Å². The number of para-hydroxylation sites is 2. The third kappa shape index (κ3) is 4.85. The van der Waals surface area contributed by atoms with Crippen LogP contribution in [-0.2, 0) is 11.3 Å². The van der Waals surface area contributed by atoms with Gasteiger partial charge in [0, 0.05) is 0 Å². The third-order valence-corrected chi connectivity index (χ3v) is 6.13. The van der Waals surface area contributed by atoms with Crippen LogP contribution in [0.1, 0.15) is 5.56 Å². The van der Waals surface area contributed by atoms with Crippen LogP contribution in [0.4, 0.5) is 5.13 Å². The maximum absolute atomic E-state index is 13.4. The standard InChI is InChI=1S/C25H24N2O5S/c1-29-18-11-7-8-12-19(18)32-16-22(28)27(15-17-9-5-4-6-10-17)25-26-23-20(30-2)13-14-21(31-3)24(23)33-25/h4-14H,15-16H2,1-3H3. The highest BCUT2D eigenvalue weighted by molar-refractivity contribution is 7.22. The van der Waals surface area contributed by atoms with Gasteiger partial charge >= 0.3 is 0 Å². The number of hydrogen-bond donors (Lipinski definition) is 0. The number of ether oxygens (including phenoxy) is 4. The molecule has 1 aromatic heterocycles. The summed E-state index contributed by atoms with van der Waals surface area (Å²) < 4.78 is 22.9. The summed E-state index contributed by atoms with van der Waals surface area (Å²) in [7, 11) is 4.76. The van der Waals surface area contributed by atoms with Crippen molar-refractivity contribution in [2.75, 3.05) is 32.8 Å². The van der Waals surface area contributed by atoms with Gasteiger partial charge in [0.15, 0.2) is 23.2 Å². The van der Waals surface area contributed by atoms with Crippen LogP contribution < -0.4 is 23.8 Å². The second-order valence-electron chi connectivity index (χ2n) is 7.05. The van der Waals surface area contributed by atoms with Crippen LogP contribution in [0, 0.1) is 0 Å². The first-order chi connectivity index (χ1) is 16.1. The van der Waals surface area contributed by atoms with Gasteiger partial charge in [-0.25, -0.2) is 4.98 Å². The maximum Gasteiger partial charge on any atom is 0.267 e. The lowest BCUT2D eigenvalue weighted by molar-refractivity contribution is -0.120. The Morgan fingerprint density at radius 3 is 2.15 bits per heavy atom. The molecule has 0 saturated carbocycles. The molecule has 1 amide bonds. The van der Waals surface area contributed by atoms with E-state index in [4.69, 9.17) is 23.9 Å². The zero-order chi connectivity index (χ0) is 23.2. The largest absolute Gasteiger partial charge is 0.495 e. The summed E-state index contributed by atoms with van der Waals surface area (Å²) in [4.78, 5) is 19.7. The first-order valence-corrected chi connectivity index (χ1v) is 11.1. The minimum absolute atomic E-state index is 0.169. The Kier molecular flexibility index (Phi) is 6.95. The van der Waals surface area contributed by atoms with E-state index in [1.54, 1.807) is 44.4 Å². The van der Waals surface area contributed by atoms with Crippen LogP contribution in [0.3, 0.4) is 0 Å². The van der Waals surface area contributed by atoms with Crippen molar-refractivity contribution in [1.82, 2.24) is 4.98 Å². The number of amides is 1. The number of benzene rings is 3. The van der Waals surface area contributed by atoms with E-state index in [0.29, 0.717) is 40.2 Å². The van der Waals surface area contributed by atoms with Crippen molar-refractivity contribution in [3.63, 3.8) is 0 Å². The molecule has 170 valence electrons. The fourth-order valence-corrected chi connectivity index (χ4v) is 4.46. The highest BCUT2D eigenvalue weighted by atomic mass is 32.1. The van der Waals surface area contributed by atoms with Crippen molar-refractivity contribution in [1.29, 1.82) is 0 Å². The van der Waals surface area contributed by atoms with Crippen molar-refractivity contribution >= 4 is 32.6 Å². The summed E-state index contributed by atoms with van der Waals surface area (Å²) in [6.45, 7) is 0.177. The number of rotatable bonds is 9. The molecule has 0 aliphatic heterocycles. The van der Waals surface area contributed by atoms with E-state index in [1.807, 2.05) is 48.5 Å². The van der Waals surface area contributed by atoms with Gasteiger partial charge in [-0.05, 0) is 29.8 Å². The number of anilines is 1. The Morgan fingerprint density at radius 2 is 1.45 bits per heavy atom. The number of fused-ring (bicyclic) bond motifs is 1. The molecule has 0 N–H and O–H groups in total. The summed E-state index contributed by atoms with van der Waals surface area (Å²) in [6, 6.07) is 20.6. The van der Waals surface area contributed by atoms with E-state index < -0.39 is 0 Å². The molecule has 0 bridgehead atoms. The van der Waals surface area contributed by atoms with Gasteiger partial charge in [-0.3, -0.25) is 9.69 Å². The number of thiazole rings is 1. The van der Waals surface area contributed by atoms with Crippen molar-refractivity contribution in [2.24, 2.45) is 0 Å². The normalized spacial score (nSPS) is 10.6. The Hall–Kier alpha value is -3.78. The number of aromatic nitrogens is 1. The molecule has 4 aromatic rings. The molecule has 1 heterocycles. The number of nitrogens with zero attached hydrogens (tertiary/aromatic N) is 2. The first-order valence-electron chi connectivity index (χ1n) is 10.3. The number of hydrogen-bond acceptors (Lipinski definition) is 7. The fraction of sp³-hybridized carbons (Fsp3) is 0.200. The van der Waals surface area contributed by atoms with E-state index in [2.05, 4.69) is 0 Å². The number of carbonyl (C=O) groups excluding carboxylic acids is 1. The smallest absolute Gasteiger partial charge is 0.267 e. The second-order valence-corrected chi connectivity index (χ2v) is 8.03. The van der Waals surface area contributed by atoms with E-state index in [9.17, 15) is 4.79 Å². The van der Waals surface area contributed by atoms with E-state index in [0.717, 1.165) is 10.3 Å². The van der Waals surface area contributed by atoms with Crippen LogP contribution in [0.2, 0.25) is 0 Å². The Balaban J connectivity index is 1.68. The fourth-order valence-electron chi connectivity index (χ4n) is 3.37. The van der Waals surface area contributed by atoms with Gasteiger partial charge < -0.3 is 18.9 Å². The van der Waals surface area contributed by atoms with Crippen molar-refractivity contribution in [3.8, 4) is 23.0 Å². The molecule has 0 atom stereocenters. The van der Waals surface area contributed by atoms with Gasteiger partial charge in [-0.1, -0.05) is 53.8 Å². The molecule has 0 saturated heterocycles. The van der Waals surface area contributed by atoms with Crippen molar-refractivity contribution < 1.29 is 23.7 Å². The monoisotopic (exact) mass is 464 g/mol. The molecule has 33 heavy (non-hydrogen) atoms. The molecular weight excluding hydrogens is 440 g/mol. The zero-order valence-electron chi connectivity index (χ0n) is 18.6. The molecule has 0 aliphatic rings. The van der Waals surface area contributed by atoms with Gasteiger partial charge in [-0.15, -0.1) is 0 Å². The zero-order valence-corrected chi connectivity index (χ0v) is 19.4. The van der Waals surface area contributed by atoms with Crippen LogP contribution in [0.15, 0.2) is 66.7 Å². The average Bonchev–Trinajstić information content (AvgIpc) is 3.31. The van der Waals surface area contributed by atoms with Gasteiger partial charge in [0.25, 0.3) is 5.91 Å². The molecule has 0 radical (unpaired) electrons. The highest BCUT2D eigenvalue weighted by Gasteiger charge is 2.23. The summed E-state index contributed by atoms with van der Waals surface area (Å²) >= 11 is 1.37. The molecule has 7 nitrogen and oxygen atoms in total.